The summed E-state index contributed by atoms with van der Waals surface area (Å²) in [7, 11) is 0. The van der Waals surface area contributed by atoms with Crippen LogP contribution in [0.15, 0.2) is 77.9 Å². The molecule has 2 aliphatic rings. The summed E-state index contributed by atoms with van der Waals surface area (Å²) in [4.78, 5) is 2.95. The molecule has 4 atom stereocenters. The second kappa shape index (κ2) is 8.80. The smallest absolute Gasteiger partial charge is 0.123 e. The van der Waals surface area contributed by atoms with Gasteiger partial charge in [-0.25, -0.2) is 4.39 Å². The molecular formula is C25H26FNO2S. The summed E-state index contributed by atoms with van der Waals surface area (Å²) in [5.74, 6) is -0.255. The van der Waals surface area contributed by atoms with Crippen molar-refractivity contribution in [2.45, 2.75) is 44.4 Å². The van der Waals surface area contributed by atoms with Crippen LogP contribution >= 0.6 is 12.2 Å². The highest BCUT2D eigenvalue weighted by Gasteiger charge is 2.47. The van der Waals surface area contributed by atoms with E-state index in [1.54, 1.807) is 12.1 Å². The number of halogens is 1. The summed E-state index contributed by atoms with van der Waals surface area (Å²) in [6.45, 7) is 2.02. The Bertz CT molecular complexity index is 970. The number of aliphatic hydroxyl groups is 2. The Morgan fingerprint density at radius 2 is 1.80 bits per heavy atom. The van der Waals surface area contributed by atoms with E-state index in [1.807, 2.05) is 43.3 Å². The molecular weight excluding hydrogens is 397 g/mol. The number of anilines is 1. The molecule has 1 aliphatic carbocycles. The van der Waals surface area contributed by atoms with Crippen LogP contribution in [0.1, 0.15) is 37.9 Å². The maximum Gasteiger partial charge on any atom is 0.123 e. The molecule has 1 fully saturated rings. The number of para-hydroxylation sites is 1. The minimum absolute atomic E-state index is 0.0281. The highest BCUT2D eigenvalue weighted by atomic mass is 32.1. The summed E-state index contributed by atoms with van der Waals surface area (Å²) in [6.07, 6.45) is 4.73. The van der Waals surface area contributed by atoms with Gasteiger partial charge in [-0.1, -0.05) is 60.3 Å². The second-order valence-corrected chi connectivity index (χ2v) is 8.56. The predicted molar refractivity (Wildman–Crippen MR) is 122 cm³/mol. The van der Waals surface area contributed by atoms with Crippen molar-refractivity contribution in [3.05, 3.63) is 89.3 Å². The highest BCUT2D eigenvalue weighted by molar-refractivity contribution is 7.80. The van der Waals surface area contributed by atoms with Gasteiger partial charge in [0.1, 0.15) is 5.82 Å². The Morgan fingerprint density at radius 1 is 1.10 bits per heavy atom. The zero-order valence-electron chi connectivity index (χ0n) is 16.9. The van der Waals surface area contributed by atoms with Crippen LogP contribution in [0.3, 0.4) is 0 Å². The summed E-state index contributed by atoms with van der Waals surface area (Å²) < 4.78 is 13.2. The molecule has 2 N–H and O–H groups in total. The van der Waals surface area contributed by atoms with Gasteiger partial charge in [0.2, 0.25) is 0 Å². The first kappa shape index (κ1) is 20.9. The lowest BCUT2D eigenvalue weighted by Gasteiger charge is -2.52. The maximum absolute atomic E-state index is 13.2. The molecule has 0 aromatic heterocycles. The van der Waals surface area contributed by atoms with Crippen molar-refractivity contribution in [3.8, 4) is 0 Å². The molecule has 0 bridgehead atoms. The first-order chi connectivity index (χ1) is 14.5. The molecule has 0 spiro atoms. The largest absolute Gasteiger partial charge is 0.388 e. The molecule has 156 valence electrons. The number of benzene rings is 2. The number of hydrogen-bond acceptors (Lipinski definition) is 3. The Labute approximate surface area is 182 Å². The van der Waals surface area contributed by atoms with Crippen molar-refractivity contribution in [2.24, 2.45) is 5.92 Å². The van der Waals surface area contributed by atoms with Gasteiger partial charge in [0.15, 0.2) is 0 Å². The number of aliphatic hydroxyl groups excluding tert-OH is 2. The fourth-order valence-electron chi connectivity index (χ4n) is 4.41. The number of allylic oxidation sites excluding steroid dienone is 2. The van der Waals surface area contributed by atoms with Gasteiger partial charge in [-0.2, -0.15) is 0 Å². The van der Waals surface area contributed by atoms with Gasteiger partial charge in [0, 0.05) is 11.6 Å². The molecule has 1 heterocycles. The van der Waals surface area contributed by atoms with Crippen LogP contribution in [0.4, 0.5) is 10.1 Å². The normalized spacial score (nSPS) is 24.7. The fraction of sp³-hybridized carbons (Fsp3) is 0.320. The average Bonchev–Trinajstić information content (AvgIpc) is 2.74. The molecule has 5 heteroatoms. The summed E-state index contributed by atoms with van der Waals surface area (Å²) in [5.41, 5.74) is 3.85. The van der Waals surface area contributed by atoms with Gasteiger partial charge in [-0.3, -0.25) is 0 Å². The Kier molecular flexibility index (Phi) is 6.14. The molecule has 2 aromatic carbocycles. The minimum atomic E-state index is -0.674. The van der Waals surface area contributed by atoms with E-state index in [2.05, 4.69) is 11.0 Å². The van der Waals surface area contributed by atoms with Crippen LogP contribution in [0.25, 0.3) is 0 Å². The Morgan fingerprint density at radius 3 is 2.47 bits per heavy atom. The molecule has 1 aliphatic heterocycles. The standard InChI is InChI=1S/C25H26FNO2S/c1-16-7-12-20(23(29)15-16)24-21(25(30)27(24)19-5-3-2-4-6-19)13-14-22(28)17-8-10-18(26)11-9-17/h2-12,21-24,28-29H,13-15H2,1H3/t21-,22?,23?,24?/m1/s1. The molecule has 0 saturated carbocycles. The van der Waals surface area contributed by atoms with E-state index >= 15 is 0 Å². The topological polar surface area (TPSA) is 43.7 Å². The maximum atomic E-state index is 13.2. The molecule has 3 nitrogen and oxygen atoms in total. The van der Waals surface area contributed by atoms with E-state index in [0.717, 1.165) is 21.8 Å². The SMILES string of the molecule is CC1=CC=C(C2[C@@H](CCC(O)c3ccc(F)cc3)C(=S)N2c2ccccc2)C(O)C1. The third-order valence-electron chi connectivity index (χ3n) is 6.06. The molecule has 1 saturated heterocycles. The molecule has 30 heavy (non-hydrogen) atoms. The van der Waals surface area contributed by atoms with Crippen molar-refractivity contribution >= 4 is 22.9 Å². The van der Waals surface area contributed by atoms with E-state index in [1.165, 1.54) is 12.1 Å². The lowest BCUT2D eigenvalue weighted by molar-refractivity contribution is 0.155. The molecule has 4 rings (SSSR count). The van der Waals surface area contributed by atoms with Gasteiger partial charge in [-0.15, -0.1) is 0 Å². The number of thiocarbonyl (C=S) groups is 1. The summed E-state index contributed by atoms with van der Waals surface area (Å²) >= 11 is 5.77. The number of hydrogen-bond donors (Lipinski definition) is 2. The van der Waals surface area contributed by atoms with Crippen molar-refractivity contribution in [2.75, 3.05) is 4.90 Å². The van der Waals surface area contributed by atoms with Crippen molar-refractivity contribution in [3.63, 3.8) is 0 Å². The minimum Gasteiger partial charge on any atom is -0.388 e. The number of rotatable bonds is 6. The molecule has 3 unspecified atom stereocenters. The fourth-order valence-corrected chi connectivity index (χ4v) is 4.88. The first-order valence-corrected chi connectivity index (χ1v) is 10.7. The Hall–Kier alpha value is -2.34. The van der Waals surface area contributed by atoms with Gasteiger partial charge in [-0.05, 0) is 61.6 Å². The predicted octanol–water partition coefficient (Wildman–Crippen LogP) is 5.11. The van der Waals surface area contributed by atoms with Gasteiger partial charge < -0.3 is 15.1 Å². The van der Waals surface area contributed by atoms with Gasteiger partial charge in [0.25, 0.3) is 0 Å². The van der Waals surface area contributed by atoms with Crippen LogP contribution in [0.5, 0.6) is 0 Å². The first-order valence-electron chi connectivity index (χ1n) is 10.3. The van der Waals surface area contributed by atoms with Crippen LogP contribution in [0.2, 0.25) is 0 Å². The summed E-state index contributed by atoms with van der Waals surface area (Å²) in [5, 5.41) is 21.3. The van der Waals surface area contributed by atoms with E-state index in [9.17, 15) is 14.6 Å². The van der Waals surface area contributed by atoms with Crippen LogP contribution in [0, 0.1) is 11.7 Å². The number of nitrogens with zero attached hydrogens (tertiary/aromatic N) is 1. The van der Waals surface area contributed by atoms with E-state index in [-0.39, 0.29) is 17.8 Å². The van der Waals surface area contributed by atoms with Crippen molar-refractivity contribution in [1.29, 1.82) is 0 Å². The zero-order valence-corrected chi connectivity index (χ0v) is 17.7. The quantitative estimate of drug-likeness (QED) is 0.634. The van der Waals surface area contributed by atoms with Gasteiger partial charge in [0.05, 0.1) is 23.2 Å². The van der Waals surface area contributed by atoms with E-state index < -0.39 is 12.2 Å². The highest BCUT2D eigenvalue weighted by Crippen LogP contribution is 2.43. The third kappa shape index (κ3) is 4.10. The third-order valence-corrected chi connectivity index (χ3v) is 6.56. The average molecular weight is 424 g/mol. The lowest BCUT2D eigenvalue weighted by atomic mass is 9.75. The monoisotopic (exact) mass is 423 g/mol. The molecule has 2 aromatic rings. The van der Waals surface area contributed by atoms with E-state index in [4.69, 9.17) is 12.2 Å². The van der Waals surface area contributed by atoms with Crippen LogP contribution < -0.4 is 4.90 Å². The zero-order chi connectivity index (χ0) is 21.3. The second-order valence-electron chi connectivity index (χ2n) is 8.14. The molecule has 0 amide bonds. The van der Waals surface area contributed by atoms with Crippen molar-refractivity contribution < 1.29 is 14.6 Å². The van der Waals surface area contributed by atoms with Crippen LogP contribution in [-0.4, -0.2) is 27.3 Å². The van der Waals surface area contributed by atoms with Gasteiger partial charge >= 0.3 is 0 Å². The van der Waals surface area contributed by atoms with Crippen molar-refractivity contribution in [1.82, 2.24) is 0 Å². The molecule has 0 radical (unpaired) electrons. The Balaban J connectivity index is 1.55. The van der Waals surface area contributed by atoms with Crippen LogP contribution in [-0.2, 0) is 0 Å². The van der Waals surface area contributed by atoms with E-state index in [0.29, 0.717) is 24.8 Å². The summed E-state index contributed by atoms with van der Waals surface area (Å²) in [6, 6.07) is 15.9. The lowest BCUT2D eigenvalue weighted by Crippen LogP contribution is -2.62.